The standard InChI is InChI=1S/C13H17ClN4S3/c1-19-13-16-15-12(21-13)9-18-6-4-17(5-7-18)8-10-2-3-11(14)20-10/h2-3H,4-9H2,1H3. The predicted octanol–water partition coefficient (Wildman–Crippen LogP) is 3.29. The number of rotatable bonds is 5. The smallest absolute Gasteiger partial charge is 0.174 e. The van der Waals surface area contributed by atoms with Gasteiger partial charge < -0.3 is 0 Å². The first-order valence-electron chi connectivity index (χ1n) is 6.78. The highest BCUT2D eigenvalue weighted by Gasteiger charge is 2.18. The van der Waals surface area contributed by atoms with Crippen LogP contribution in [0.3, 0.4) is 0 Å². The van der Waals surface area contributed by atoms with Crippen molar-refractivity contribution in [3.63, 3.8) is 0 Å². The lowest BCUT2D eigenvalue weighted by Gasteiger charge is -2.33. The second-order valence-electron chi connectivity index (χ2n) is 4.92. The molecule has 1 aliphatic heterocycles. The third kappa shape index (κ3) is 4.40. The van der Waals surface area contributed by atoms with Gasteiger partial charge in [-0.05, 0) is 18.4 Å². The van der Waals surface area contributed by atoms with Gasteiger partial charge in [0.2, 0.25) is 0 Å². The van der Waals surface area contributed by atoms with Gasteiger partial charge in [-0.25, -0.2) is 0 Å². The van der Waals surface area contributed by atoms with E-state index in [4.69, 9.17) is 11.6 Å². The van der Waals surface area contributed by atoms with E-state index < -0.39 is 0 Å². The van der Waals surface area contributed by atoms with Crippen LogP contribution in [0.15, 0.2) is 16.5 Å². The minimum Gasteiger partial charge on any atom is -0.296 e. The maximum absolute atomic E-state index is 5.98. The van der Waals surface area contributed by atoms with E-state index in [1.807, 2.05) is 12.3 Å². The topological polar surface area (TPSA) is 32.3 Å². The molecule has 114 valence electrons. The molecule has 0 bridgehead atoms. The first kappa shape index (κ1) is 15.7. The van der Waals surface area contributed by atoms with Crippen molar-refractivity contribution >= 4 is 46.0 Å². The van der Waals surface area contributed by atoms with Gasteiger partial charge in [-0.2, -0.15) is 0 Å². The molecule has 0 unspecified atom stereocenters. The summed E-state index contributed by atoms with van der Waals surface area (Å²) >= 11 is 11.0. The molecule has 21 heavy (non-hydrogen) atoms. The molecule has 8 heteroatoms. The van der Waals surface area contributed by atoms with Crippen LogP contribution in [0.25, 0.3) is 0 Å². The normalized spacial score (nSPS) is 17.4. The van der Waals surface area contributed by atoms with E-state index >= 15 is 0 Å². The van der Waals surface area contributed by atoms with Crippen molar-refractivity contribution in [2.45, 2.75) is 17.4 Å². The molecule has 0 spiro atoms. The maximum atomic E-state index is 5.98. The highest BCUT2D eigenvalue weighted by molar-refractivity contribution is 8.00. The van der Waals surface area contributed by atoms with Crippen LogP contribution in [-0.2, 0) is 13.1 Å². The van der Waals surface area contributed by atoms with Crippen molar-refractivity contribution in [2.75, 3.05) is 32.4 Å². The molecule has 0 N–H and O–H groups in total. The lowest BCUT2D eigenvalue weighted by molar-refractivity contribution is 0.122. The zero-order chi connectivity index (χ0) is 14.7. The summed E-state index contributed by atoms with van der Waals surface area (Å²) in [5.41, 5.74) is 0. The van der Waals surface area contributed by atoms with Crippen LogP contribution in [0.5, 0.6) is 0 Å². The Morgan fingerprint density at radius 2 is 1.81 bits per heavy atom. The van der Waals surface area contributed by atoms with Crippen LogP contribution >= 0.6 is 46.0 Å². The summed E-state index contributed by atoms with van der Waals surface area (Å²) in [6.45, 7) is 6.32. The zero-order valence-electron chi connectivity index (χ0n) is 11.8. The van der Waals surface area contributed by atoms with Gasteiger partial charge in [0.05, 0.1) is 10.9 Å². The van der Waals surface area contributed by atoms with E-state index in [1.54, 1.807) is 34.4 Å². The fourth-order valence-electron chi connectivity index (χ4n) is 2.34. The highest BCUT2D eigenvalue weighted by Crippen LogP contribution is 2.24. The van der Waals surface area contributed by atoms with E-state index in [-0.39, 0.29) is 0 Å². The van der Waals surface area contributed by atoms with Gasteiger partial charge in [0.15, 0.2) is 4.34 Å². The Morgan fingerprint density at radius 3 is 2.38 bits per heavy atom. The lowest BCUT2D eigenvalue weighted by Crippen LogP contribution is -2.45. The molecule has 1 aliphatic rings. The molecule has 0 saturated carbocycles. The van der Waals surface area contributed by atoms with Crippen LogP contribution in [0, 0.1) is 0 Å². The molecular formula is C13H17ClN4S3. The van der Waals surface area contributed by atoms with Crippen molar-refractivity contribution in [1.29, 1.82) is 0 Å². The van der Waals surface area contributed by atoms with Gasteiger partial charge in [-0.1, -0.05) is 34.7 Å². The van der Waals surface area contributed by atoms with Crippen molar-refractivity contribution in [1.82, 2.24) is 20.0 Å². The fourth-order valence-corrected chi connectivity index (χ4v) is 4.82. The minimum atomic E-state index is 0.879. The predicted molar refractivity (Wildman–Crippen MR) is 91.6 cm³/mol. The summed E-state index contributed by atoms with van der Waals surface area (Å²) < 4.78 is 1.93. The number of hydrogen-bond donors (Lipinski definition) is 0. The lowest BCUT2D eigenvalue weighted by atomic mass is 10.3. The van der Waals surface area contributed by atoms with E-state index in [2.05, 4.69) is 26.1 Å². The average molecular weight is 361 g/mol. The number of piperazine rings is 1. The van der Waals surface area contributed by atoms with Gasteiger partial charge in [0.25, 0.3) is 0 Å². The number of hydrogen-bond acceptors (Lipinski definition) is 7. The average Bonchev–Trinajstić information content (AvgIpc) is 3.10. The Morgan fingerprint density at radius 1 is 1.10 bits per heavy atom. The second-order valence-corrected chi connectivity index (χ2v) is 8.84. The van der Waals surface area contributed by atoms with Gasteiger partial charge in [0, 0.05) is 37.6 Å². The molecule has 0 amide bonds. The van der Waals surface area contributed by atoms with Crippen LogP contribution in [-0.4, -0.2) is 52.4 Å². The summed E-state index contributed by atoms with van der Waals surface area (Å²) in [6.07, 6.45) is 2.04. The van der Waals surface area contributed by atoms with Crippen LogP contribution in [0.4, 0.5) is 0 Å². The monoisotopic (exact) mass is 360 g/mol. The van der Waals surface area contributed by atoms with Crippen molar-refractivity contribution in [3.05, 3.63) is 26.4 Å². The summed E-state index contributed by atoms with van der Waals surface area (Å²) in [6, 6.07) is 4.11. The Balaban J connectivity index is 1.46. The molecule has 0 aromatic carbocycles. The number of thiophene rings is 1. The molecule has 2 aromatic heterocycles. The van der Waals surface area contributed by atoms with Crippen LogP contribution < -0.4 is 0 Å². The molecule has 2 aromatic rings. The quantitative estimate of drug-likeness (QED) is 0.764. The van der Waals surface area contributed by atoms with Gasteiger partial charge in [-0.3, -0.25) is 9.80 Å². The number of halogens is 1. The molecule has 0 radical (unpaired) electrons. The first-order valence-corrected chi connectivity index (χ1v) is 10.0. The van der Waals surface area contributed by atoms with E-state index in [0.717, 1.165) is 53.0 Å². The highest BCUT2D eigenvalue weighted by atomic mass is 35.5. The molecular weight excluding hydrogens is 344 g/mol. The van der Waals surface area contributed by atoms with Crippen LogP contribution in [0.2, 0.25) is 4.34 Å². The number of thioether (sulfide) groups is 1. The molecule has 1 fully saturated rings. The third-order valence-corrected chi connectivity index (χ3v) is 6.55. The Kier molecular flexibility index (Phi) is 5.53. The minimum absolute atomic E-state index is 0.879. The summed E-state index contributed by atoms with van der Waals surface area (Å²) in [7, 11) is 0. The number of aromatic nitrogens is 2. The fraction of sp³-hybridized carbons (Fsp3) is 0.538. The van der Waals surface area contributed by atoms with Crippen molar-refractivity contribution < 1.29 is 0 Å². The molecule has 3 rings (SSSR count). The van der Waals surface area contributed by atoms with Gasteiger partial charge >= 0.3 is 0 Å². The third-order valence-electron chi connectivity index (χ3n) is 3.46. The second kappa shape index (κ2) is 7.39. The van der Waals surface area contributed by atoms with E-state index in [9.17, 15) is 0 Å². The summed E-state index contributed by atoms with van der Waals surface area (Å²) in [4.78, 5) is 6.30. The molecule has 3 heterocycles. The van der Waals surface area contributed by atoms with E-state index in [1.165, 1.54) is 4.88 Å². The molecule has 0 atom stereocenters. The van der Waals surface area contributed by atoms with Crippen LogP contribution in [0.1, 0.15) is 9.88 Å². The number of nitrogens with zero attached hydrogens (tertiary/aromatic N) is 4. The Labute approximate surface area is 142 Å². The molecule has 4 nitrogen and oxygen atoms in total. The Bertz CT molecular complexity index is 577. The molecule has 0 aliphatic carbocycles. The van der Waals surface area contributed by atoms with Gasteiger partial charge in [-0.15, -0.1) is 21.5 Å². The van der Waals surface area contributed by atoms with Gasteiger partial charge in [0.1, 0.15) is 5.01 Å². The maximum Gasteiger partial charge on any atom is 0.174 e. The Hall–Kier alpha value is -0.180. The van der Waals surface area contributed by atoms with Crippen molar-refractivity contribution in [2.24, 2.45) is 0 Å². The summed E-state index contributed by atoms with van der Waals surface area (Å²) in [5, 5.41) is 9.53. The molecule has 1 saturated heterocycles. The zero-order valence-corrected chi connectivity index (χ0v) is 15.0. The SMILES string of the molecule is CSc1nnc(CN2CCN(Cc3ccc(Cl)s3)CC2)s1. The van der Waals surface area contributed by atoms with Crippen molar-refractivity contribution in [3.8, 4) is 0 Å². The first-order chi connectivity index (χ1) is 10.2. The summed E-state index contributed by atoms with van der Waals surface area (Å²) in [5.74, 6) is 0. The van der Waals surface area contributed by atoms with E-state index in [0.29, 0.717) is 0 Å². The largest absolute Gasteiger partial charge is 0.296 e.